The van der Waals surface area contributed by atoms with Crippen molar-refractivity contribution in [2.45, 2.75) is 0 Å². The molecule has 0 aliphatic heterocycles. The van der Waals surface area contributed by atoms with Crippen LogP contribution in [-0.4, -0.2) is 4.57 Å². The molecule has 1 heterocycles. The van der Waals surface area contributed by atoms with Gasteiger partial charge in [-0.2, -0.15) is 0 Å². The second-order valence-electron chi connectivity index (χ2n) is 15.4. The lowest BCUT2D eigenvalue weighted by atomic mass is 9.98. The van der Waals surface area contributed by atoms with Crippen LogP contribution in [0, 0.1) is 0 Å². The van der Waals surface area contributed by atoms with Crippen molar-refractivity contribution >= 4 is 49.6 Å². The Hall–Kier alpha value is -7.94. The average molecular weight is 765 g/mol. The van der Waals surface area contributed by atoms with E-state index in [-0.39, 0.29) is 0 Å². The van der Waals surface area contributed by atoms with Gasteiger partial charge in [-0.1, -0.05) is 170 Å². The van der Waals surface area contributed by atoms with Crippen molar-refractivity contribution in [2.24, 2.45) is 0 Å². The Morgan fingerprint density at radius 2 is 0.650 bits per heavy atom. The Morgan fingerprint density at radius 1 is 0.250 bits per heavy atom. The molecular weight excluding hydrogens is 725 g/mol. The molecule has 0 N–H and O–H groups in total. The summed E-state index contributed by atoms with van der Waals surface area (Å²) in [4.78, 5) is 2.35. The zero-order valence-corrected chi connectivity index (χ0v) is 33.0. The molecule has 11 aromatic rings. The van der Waals surface area contributed by atoms with E-state index in [1.54, 1.807) is 0 Å². The van der Waals surface area contributed by atoms with Gasteiger partial charge >= 0.3 is 0 Å². The number of nitrogens with zero attached hydrogens (tertiary/aromatic N) is 2. The first-order chi connectivity index (χ1) is 29.7. The maximum absolute atomic E-state index is 2.37. The summed E-state index contributed by atoms with van der Waals surface area (Å²) >= 11 is 0. The lowest BCUT2D eigenvalue weighted by Crippen LogP contribution is -2.09. The lowest BCUT2D eigenvalue weighted by Gasteiger charge is -2.26. The monoisotopic (exact) mass is 764 g/mol. The molecule has 0 saturated carbocycles. The molecule has 1 aromatic heterocycles. The van der Waals surface area contributed by atoms with Crippen molar-refractivity contribution in [3.8, 4) is 50.2 Å². The molecule has 282 valence electrons. The highest BCUT2D eigenvalue weighted by molar-refractivity contribution is 6.10. The second-order valence-corrected chi connectivity index (χ2v) is 15.4. The third-order valence-electron chi connectivity index (χ3n) is 11.8. The van der Waals surface area contributed by atoms with Gasteiger partial charge in [0.25, 0.3) is 0 Å². The van der Waals surface area contributed by atoms with Crippen LogP contribution in [0.1, 0.15) is 0 Å². The number of rotatable bonds is 8. The first-order valence-electron chi connectivity index (χ1n) is 20.6. The highest BCUT2D eigenvalue weighted by Crippen LogP contribution is 2.39. The minimum Gasteiger partial charge on any atom is -0.311 e. The zero-order valence-electron chi connectivity index (χ0n) is 33.0. The van der Waals surface area contributed by atoms with Crippen molar-refractivity contribution in [1.29, 1.82) is 0 Å². The molecule has 11 rings (SSSR count). The highest BCUT2D eigenvalue weighted by Gasteiger charge is 2.16. The quantitative estimate of drug-likeness (QED) is 0.150. The topological polar surface area (TPSA) is 8.17 Å². The van der Waals surface area contributed by atoms with Crippen molar-refractivity contribution in [3.63, 3.8) is 0 Å². The SMILES string of the molecule is c1ccc(-c2ccc(N(c3ccc(-c4ccc(-c5ccc6ccccc6c5)cc4)cc3)c3ccc(-c4ccc5c(c4)c4ccccc4n5-c4ccccc4)cc3)cc2)cc1. The van der Waals surface area contributed by atoms with Crippen molar-refractivity contribution in [1.82, 2.24) is 4.57 Å². The van der Waals surface area contributed by atoms with Gasteiger partial charge in [0.05, 0.1) is 11.0 Å². The van der Waals surface area contributed by atoms with Crippen LogP contribution in [0.15, 0.2) is 243 Å². The van der Waals surface area contributed by atoms with E-state index in [0.29, 0.717) is 0 Å². The highest BCUT2D eigenvalue weighted by atomic mass is 15.1. The molecule has 0 aliphatic rings. The smallest absolute Gasteiger partial charge is 0.0541 e. The standard InChI is InChI=1S/C58H40N2/c1-3-11-41(12-4-1)44-25-32-52(33-26-44)59(53-34-27-45(28-35-53)43-19-21-46(22-20-43)49-24-23-42-13-7-8-14-48(42)39-49)54-36-29-47(30-37-54)50-31-38-58-56(40-50)55-17-9-10-18-57(55)60(58)51-15-5-2-6-16-51/h1-40H. The van der Waals surface area contributed by atoms with Crippen molar-refractivity contribution in [2.75, 3.05) is 4.90 Å². The fraction of sp³-hybridized carbons (Fsp3) is 0. The minimum absolute atomic E-state index is 1.10. The van der Waals surface area contributed by atoms with E-state index in [2.05, 4.69) is 252 Å². The Balaban J connectivity index is 0.929. The number of para-hydroxylation sites is 2. The minimum atomic E-state index is 1.10. The van der Waals surface area contributed by atoms with Gasteiger partial charge in [0, 0.05) is 33.5 Å². The third kappa shape index (κ3) is 6.51. The van der Waals surface area contributed by atoms with Crippen LogP contribution in [0.2, 0.25) is 0 Å². The van der Waals surface area contributed by atoms with Gasteiger partial charge in [-0.25, -0.2) is 0 Å². The zero-order chi connectivity index (χ0) is 39.8. The molecule has 60 heavy (non-hydrogen) atoms. The van der Waals surface area contributed by atoms with E-state index in [1.165, 1.54) is 82.8 Å². The van der Waals surface area contributed by atoms with E-state index in [0.717, 1.165) is 17.1 Å². The predicted molar refractivity (Wildman–Crippen MR) is 255 cm³/mol. The van der Waals surface area contributed by atoms with E-state index < -0.39 is 0 Å². The van der Waals surface area contributed by atoms with E-state index in [4.69, 9.17) is 0 Å². The van der Waals surface area contributed by atoms with Crippen LogP contribution in [0.4, 0.5) is 17.1 Å². The summed E-state index contributed by atoms with van der Waals surface area (Å²) in [5.41, 5.74) is 16.5. The first-order valence-corrected chi connectivity index (χ1v) is 20.6. The average Bonchev–Trinajstić information content (AvgIpc) is 3.66. The fourth-order valence-corrected chi connectivity index (χ4v) is 8.72. The Kier molecular flexibility index (Phi) is 8.87. The maximum Gasteiger partial charge on any atom is 0.0541 e. The Labute approximate surface area is 350 Å². The van der Waals surface area contributed by atoms with Gasteiger partial charge in [0.1, 0.15) is 0 Å². The summed E-state index contributed by atoms with van der Waals surface area (Å²) in [6.07, 6.45) is 0. The van der Waals surface area contributed by atoms with E-state index >= 15 is 0 Å². The first kappa shape index (κ1) is 35.2. The van der Waals surface area contributed by atoms with E-state index in [9.17, 15) is 0 Å². The van der Waals surface area contributed by atoms with Crippen LogP contribution in [-0.2, 0) is 0 Å². The fourth-order valence-electron chi connectivity index (χ4n) is 8.72. The summed E-state index contributed by atoms with van der Waals surface area (Å²) < 4.78 is 2.37. The number of hydrogen-bond acceptors (Lipinski definition) is 1. The summed E-state index contributed by atoms with van der Waals surface area (Å²) in [6, 6.07) is 87.8. The normalized spacial score (nSPS) is 11.3. The maximum atomic E-state index is 2.37. The largest absolute Gasteiger partial charge is 0.311 e. The number of benzene rings is 10. The number of fused-ring (bicyclic) bond motifs is 4. The van der Waals surface area contributed by atoms with Gasteiger partial charge in [-0.05, 0) is 128 Å². The molecule has 0 bridgehead atoms. The van der Waals surface area contributed by atoms with Crippen LogP contribution >= 0.6 is 0 Å². The molecule has 0 spiro atoms. The Bertz CT molecular complexity index is 3250. The molecule has 0 unspecified atom stereocenters. The molecule has 0 radical (unpaired) electrons. The molecule has 10 aromatic carbocycles. The number of anilines is 3. The van der Waals surface area contributed by atoms with Gasteiger partial charge in [-0.15, -0.1) is 0 Å². The lowest BCUT2D eigenvalue weighted by molar-refractivity contribution is 1.18. The Morgan fingerprint density at radius 3 is 1.25 bits per heavy atom. The summed E-state index contributed by atoms with van der Waals surface area (Å²) in [5.74, 6) is 0. The van der Waals surface area contributed by atoms with Crippen molar-refractivity contribution in [3.05, 3.63) is 243 Å². The predicted octanol–water partition coefficient (Wildman–Crippen LogP) is 16.1. The summed E-state index contributed by atoms with van der Waals surface area (Å²) in [6.45, 7) is 0. The van der Waals surface area contributed by atoms with Gasteiger partial charge in [-0.3, -0.25) is 0 Å². The summed E-state index contributed by atoms with van der Waals surface area (Å²) in [7, 11) is 0. The molecule has 2 nitrogen and oxygen atoms in total. The molecule has 2 heteroatoms. The number of aromatic nitrogens is 1. The molecule has 0 fully saturated rings. The molecule has 0 saturated heterocycles. The van der Waals surface area contributed by atoms with Gasteiger partial charge in [0.15, 0.2) is 0 Å². The van der Waals surface area contributed by atoms with Crippen LogP contribution in [0.25, 0.3) is 82.8 Å². The van der Waals surface area contributed by atoms with Crippen LogP contribution < -0.4 is 4.90 Å². The van der Waals surface area contributed by atoms with Gasteiger partial charge < -0.3 is 9.47 Å². The van der Waals surface area contributed by atoms with Gasteiger partial charge in [0.2, 0.25) is 0 Å². The van der Waals surface area contributed by atoms with Crippen molar-refractivity contribution < 1.29 is 0 Å². The molecule has 0 atom stereocenters. The van der Waals surface area contributed by atoms with E-state index in [1.807, 2.05) is 0 Å². The number of hydrogen-bond donors (Lipinski definition) is 0. The van der Waals surface area contributed by atoms with Crippen LogP contribution in [0.3, 0.4) is 0 Å². The third-order valence-corrected chi connectivity index (χ3v) is 11.8. The second kappa shape index (κ2) is 15.1. The van der Waals surface area contributed by atoms with Crippen LogP contribution in [0.5, 0.6) is 0 Å². The molecule has 0 aliphatic carbocycles. The molecule has 0 amide bonds. The molecular formula is C58H40N2. The summed E-state index contributed by atoms with van der Waals surface area (Å²) in [5, 5.41) is 5.02.